The number of nitrogens with one attached hydrogen (secondary N) is 1. The van der Waals surface area contributed by atoms with Gasteiger partial charge in [0.1, 0.15) is 0 Å². The number of hydrogen-bond donors (Lipinski definition) is 1. The second kappa shape index (κ2) is 7.20. The maximum atomic E-state index is 5.28. The van der Waals surface area contributed by atoms with E-state index in [0.717, 1.165) is 18.8 Å². The van der Waals surface area contributed by atoms with Gasteiger partial charge in [-0.2, -0.15) is 11.8 Å². The molecule has 0 aromatic rings. The Labute approximate surface area is 92.4 Å². The maximum absolute atomic E-state index is 5.28. The van der Waals surface area contributed by atoms with E-state index in [1.54, 1.807) is 0 Å². The van der Waals surface area contributed by atoms with Crippen molar-refractivity contribution in [2.75, 3.05) is 18.6 Å². The molecule has 0 radical (unpaired) electrons. The highest BCUT2D eigenvalue weighted by molar-refractivity contribution is 7.99. The Kier molecular flexibility index (Phi) is 6.14. The molecule has 1 saturated heterocycles. The fourth-order valence-electron chi connectivity index (χ4n) is 2.02. The third kappa shape index (κ3) is 4.39. The number of hydrogen-bond acceptors (Lipinski definition) is 2. The molecule has 14 heavy (non-hydrogen) atoms. The Morgan fingerprint density at radius 2 is 2.21 bits per heavy atom. The summed E-state index contributed by atoms with van der Waals surface area (Å²) in [6.45, 7) is 0. The number of terminal acetylenes is 1. The third-order valence-electron chi connectivity index (χ3n) is 3.00. The van der Waals surface area contributed by atoms with Crippen molar-refractivity contribution in [2.24, 2.45) is 5.92 Å². The predicted octanol–water partition coefficient (Wildman–Crippen LogP) is 2.52. The highest BCUT2D eigenvalue weighted by Crippen LogP contribution is 2.26. The standard InChI is InChI=1S/C12H21NS/c1-3-4-5-12(13-2)10-11-6-8-14-9-7-11/h1,11-13H,4-10H2,2H3. The van der Waals surface area contributed by atoms with Crippen molar-refractivity contribution in [3.8, 4) is 12.3 Å². The summed E-state index contributed by atoms with van der Waals surface area (Å²) < 4.78 is 0. The van der Waals surface area contributed by atoms with Gasteiger partial charge in [-0.15, -0.1) is 12.3 Å². The topological polar surface area (TPSA) is 12.0 Å². The molecule has 1 N–H and O–H groups in total. The molecular weight excluding hydrogens is 190 g/mol. The smallest absolute Gasteiger partial charge is 0.0101 e. The van der Waals surface area contributed by atoms with Crippen LogP contribution < -0.4 is 5.32 Å². The zero-order chi connectivity index (χ0) is 10.2. The summed E-state index contributed by atoms with van der Waals surface area (Å²) in [5.41, 5.74) is 0. The van der Waals surface area contributed by atoms with Crippen LogP contribution in [0, 0.1) is 18.3 Å². The largest absolute Gasteiger partial charge is 0.317 e. The molecule has 0 saturated carbocycles. The molecule has 1 aliphatic rings. The Hall–Kier alpha value is -0.130. The van der Waals surface area contributed by atoms with Crippen molar-refractivity contribution in [1.29, 1.82) is 0 Å². The zero-order valence-corrected chi connectivity index (χ0v) is 9.91. The maximum Gasteiger partial charge on any atom is 0.0101 e. The lowest BCUT2D eigenvalue weighted by molar-refractivity contribution is 0.367. The quantitative estimate of drug-likeness (QED) is 0.701. The Balaban J connectivity index is 2.20. The van der Waals surface area contributed by atoms with Gasteiger partial charge in [-0.1, -0.05) is 0 Å². The molecule has 0 spiro atoms. The Morgan fingerprint density at radius 3 is 2.79 bits per heavy atom. The van der Waals surface area contributed by atoms with Gasteiger partial charge >= 0.3 is 0 Å². The van der Waals surface area contributed by atoms with E-state index >= 15 is 0 Å². The normalized spacial score (nSPS) is 20.3. The molecule has 80 valence electrons. The summed E-state index contributed by atoms with van der Waals surface area (Å²) in [6, 6.07) is 0.638. The van der Waals surface area contributed by atoms with Gasteiger partial charge in [0.25, 0.3) is 0 Å². The van der Waals surface area contributed by atoms with E-state index in [1.807, 2.05) is 0 Å². The van der Waals surface area contributed by atoms with Crippen LogP contribution in [0.15, 0.2) is 0 Å². The summed E-state index contributed by atoms with van der Waals surface area (Å²) in [5.74, 6) is 6.38. The van der Waals surface area contributed by atoms with Crippen LogP contribution in [-0.4, -0.2) is 24.6 Å². The fourth-order valence-corrected chi connectivity index (χ4v) is 3.23. The number of rotatable bonds is 5. The molecule has 1 rings (SSSR count). The zero-order valence-electron chi connectivity index (χ0n) is 9.09. The lowest BCUT2D eigenvalue weighted by Gasteiger charge is -2.25. The van der Waals surface area contributed by atoms with Gasteiger partial charge in [0.05, 0.1) is 0 Å². The number of thioether (sulfide) groups is 1. The van der Waals surface area contributed by atoms with Crippen LogP contribution >= 0.6 is 11.8 Å². The van der Waals surface area contributed by atoms with Crippen LogP contribution in [0.3, 0.4) is 0 Å². The average Bonchev–Trinajstić information content (AvgIpc) is 2.25. The lowest BCUT2D eigenvalue weighted by atomic mass is 9.92. The minimum atomic E-state index is 0.638. The molecule has 1 atom stereocenters. The predicted molar refractivity (Wildman–Crippen MR) is 65.6 cm³/mol. The highest BCUT2D eigenvalue weighted by atomic mass is 32.2. The SMILES string of the molecule is C#CCCC(CC1CCSCC1)NC. The highest BCUT2D eigenvalue weighted by Gasteiger charge is 2.17. The minimum absolute atomic E-state index is 0.638. The molecule has 1 aliphatic heterocycles. The molecule has 0 aromatic carbocycles. The first-order chi connectivity index (χ1) is 6.86. The molecule has 0 bridgehead atoms. The van der Waals surface area contributed by atoms with Crippen LogP contribution in [0.2, 0.25) is 0 Å². The van der Waals surface area contributed by atoms with E-state index < -0.39 is 0 Å². The van der Waals surface area contributed by atoms with Gasteiger partial charge in [-0.05, 0) is 50.2 Å². The molecule has 1 fully saturated rings. The van der Waals surface area contributed by atoms with Crippen LogP contribution in [0.4, 0.5) is 0 Å². The molecule has 1 unspecified atom stereocenters. The Morgan fingerprint density at radius 1 is 1.50 bits per heavy atom. The molecule has 1 nitrogen and oxygen atoms in total. The van der Waals surface area contributed by atoms with Crippen LogP contribution in [-0.2, 0) is 0 Å². The summed E-state index contributed by atoms with van der Waals surface area (Å²) >= 11 is 2.10. The van der Waals surface area contributed by atoms with E-state index in [2.05, 4.69) is 30.0 Å². The van der Waals surface area contributed by atoms with Crippen molar-refractivity contribution in [2.45, 2.75) is 38.1 Å². The molecular formula is C12H21NS. The first-order valence-electron chi connectivity index (χ1n) is 5.55. The molecule has 0 aromatic heterocycles. The van der Waals surface area contributed by atoms with E-state index in [0.29, 0.717) is 6.04 Å². The average molecular weight is 211 g/mol. The van der Waals surface area contributed by atoms with Crippen molar-refractivity contribution in [3.63, 3.8) is 0 Å². The van der Waals surface area contributed by atoms with Crippen molar-refractivity contribution < 1.29 is 0 Å². The van der Waals surface area contributed by atoms with E-state index in [1.165, 1.54) is 30.8 Å². The molecule has 2 heteroatoms. The van der Waals surface area contributed by atoms with E-state index in [9.17, 15) is 0 Å². The van der Waals surface area contributed by atoms with E-state index in [4.69, 9.17) is 6.42 Å². The van der Waals surface area contributed by atoms with E-state index in [-0.39, 0.29) is 0 Å². The first-order valence-corrected chi connectivity index (χ1v) is 6.70. The summed E-state index contributed by atoms with van der Waals surface area (Å²) in [6.07, 6.45) is 11.5. The summed E-state index contributed by atoms with van der Waals surface area (Å²) in [7, 11) is 2.05. The van der Waals surface area contributed by atoms with Gasteiger partial charge in [0.2, 0.25) is 0 Å². The van der Waals surface area contributed by atoms with Crippen molar-refractivity contribution >= 4 is 11.8 Å². The van der Waals surface area contributed by atoms with Crippen LogP contribution in [0.25, 0.3) is 0 Å². The molecule has 0 aliphatic carbocycles. The van der Waals surface area contributed by atoms with Crippen LogP contribution in [0.5, 0.6) is 0 Å². The van der Waals surface area contributed by atoms with Gasteiger partial charge in [-0.3, -0.25) is 0 Å². The summed E-state index contributed by atoms with van der Waals surface area (Å²) in [4.78, 5) is 0. The van der Waals surface area contributed by atoms with Gasteiger partial charge in [-0.25, -0.2) is 0 Å². The van der Waals surface area contributed by atoms with Gasteiger partial charge in [0.15, 0.2) is 0 Å². The monoisotopic (exact) mass is 211 g/mol. The lowest BCUT2D eigenvalue weighted by Crippen LogP contribution is -2.29. The molecule has 1 heterocycles. The Bertz CT molecular complexity index is 179. The first kappa shape index (κ1) is 11.9. The summed E-state index contributed by atoms with van der Waals surface area (Å²) in [5, 5.41) is 3.38. The second-order valence-electron chi connectivity index (χ2n) is 4.02. The van der Waals surface area contributed by atoms with Crippen molar-refractivity contribution in [3.05, 3.63) is 0 Å². The fraction of sp³-hybridized carbons (Fsp3) is 0.833. The second-order valence-corrected chi connectivity index (χ2v) is 5.24. The van der Waals surface area contributed by atoms with Crippen molar-refractivity contribution in [1.82, 2.24) is 5.32 Å². The molecule has 0 amide bonds. The third-order valence-corrected chi connectivity index (χ3v) is 4.05. The minimum Gasteiger partial charge on any atom is -0.317 e. The van der Waals surface area contributed by atoms with Crippen LogP contribution in [0.1, 0.15) is 32.1 Å². The van der Waals surface area contributed by atoms with Gasteiger partial charge in [0, 0.05) is 12.5 Å². The van der Waals surface area contributed by atoms with Gasteiger partial charge < -0.3 is 5.32 Å².